The average Bonchev–Trinajstić information content (AvgIpc) is 2.61. The molecular formula is C20H24N2O2. The summed E-state index contributed by atoms with van der Waals surface area (Å²) in [6.45, 7) is 3.30. The Morgan fingerprint density at radius 3 is 2.50 bits per heavy atom. The lowest BCUT2D eigenvalue weighted by Crippen LogP contribution is -2.40. The summed E-state index contributed by atoms with van der Waals surface area (Å²) in [5.41, 5.74) is 2.12. The van der Waals surface area contributed by atoms with Gasteiger partial charge in [-0.05, 0) is 56.2 Å². The second-order valence-corrected chi connectivity index (χ2v) is 6.64. The molecule has 4 nitrogen and oxygen atoms in total. The van der Waals surface area contributed by atoms with Crippen LogP contribution in [0.1, 0.15) is 40.9 Å². The zero-order valence-electron chi connectivity index (χ0n) is 14.1. The van der Waals surface area contributed by atoms with Gasteiger partial charge in [-0.1, -0.05) is 30.3 Å². The van der Waals surface area contributed by atoms with Crippen molar-refractivity contribution in [2.24, 2.45) is 5.92 Å². The maximum atomic E-state index is 12.5. The summed E-state index contributed by atoms with van der Waals surface area (Å²) in [5, 5.41) is 0. The maximum absolute atomic E-state index is 12.5. The summed E-state index contributed by atoms with van der Waals surface area (Å²) in [5.74, 6) is 0.517. The minimum absolute atomic E-state index is 0.141. The monoisotopic (exact) mass is 324 g/mol. The number of aromatic nitrogens is 1. The lowest BCUT2D eigenvalue weighted by molar-refractivity contribution is 0.0685. The van der Waals surface area contributed by atoms with Gasteiger partial charge >= 0.3 is 0 Å². The molecule has 1 aliphatic rings. The SMILES string of the molecule is Cc1ccc(C(=O)N2CCC(CCc3ccccc3)CC2)c(=O)[nH]1. The fourth-order valence-corrected chi connectivity index (χ4v) is 3.35. The van der Waals surface area contributed by atoms with E-state index in [4.69, 9.17) is 0 Å². The molecule has 0 unspecified atom stereocenters. The zero-order valence-corrected chi connectivity index (χ0v) is 14.1. The number of aryl methyl sites for hydroxylation is 2. The number of aromatic amines is 1. The van der Waals surface area contributed by atoms with Crippen LogP contribution in [0.5, 0.6) is 0 Å². The van der Waals surface area contributed by atoms with E-state index in [9.17, 15) is 9.59 Å². The van der Waals surface area contributed by atoms with Crippen molar-refractivity contribution in [3.63, 3.8) is 0 Å². The molecule has 1 aromatic heterocycles. The van der Waals surface area contributed by atoms with E-state index in [0.29, 0.717) is 5.92 Å². The third kappa shape index (κ3) is 3.94. The smallest absolute Gasteiger partial charge is 0.260 e. The highest BCUT2D eigenvalue weighted by molar-refractivity contribution is 5.93. The van der Waals surface area contributed by atoms with E-state index < -0.39 is 0 Å². The van der Waals surface area contributed by atoms with E-state index in [1.54, 1.807) is 12.1 Å². The Labute approximate surface area is 142 Å². The molecule has 1 aliphatic heterocycles. The maximum Gasteiger partial charge on any atom is 0.260 e. The van der Waals surface area contributed by atoms with E-state index in [2.05, 4.69) is 29.2 Å². The van der Waals surface area contributed by atoms with Crippen LogP contribution in [-0.4, -0.2) is 28.9 Å². The second-order valence-electron chi connectivity index (χ2n) is 6.64. The number of piperidine rings is 1. The van der Waals surface area contributed by atoms with Crippen molar-refractivity contribution in [2.75, 3.05) is 13.1 Å². The molecule has 0 radical (unpaired) electrons. The predicted molar refractivity (Wildman–Crippen MR) is 95.2 cm³/mol. The predicted octanol–water partition coefficient (Wildman–Crippen LogP) is 3.17. The van der Waals surface area contributed by atoms with Crippen LogP contribution in [0.3, 0.4) is 0 Å². The topological polar surface area (TPSA) is 53.2 Å². The van der Waals surface area contributed by atoms with Crippen LogP contribution in [-0.2, 0) is 6.42 Å². The quantitative estimate of drug-likeness (QED) is 0.939. The molecule has 126 valence electrons. The van der Waals surface area contributed by atoms with Crippen LogP contribution < -0.4 is 5.56 Å². The Morgan fingerprint density at radius 1 is 1.12 bits per heavy atom. The molecule has 1 saturated heterocycles. The summed E-state index contributed by atoms with van der Waals surface area (Å²) in [6, 6.07) is 14.0. The summed E-state index contributed by atoms with van der Waals surface area (Å²) in [7, 11) is 0. The van der Waals surface area contributed by atoms with Crippen LogP contribution in [0.25, 0.3) is 0 Å². The van der Waals surface area contributed by atoms with Crippen molar-refractivity contribution in [3.8, 4) is 0 Å². The Kier molecular flexibility index (Phi) is 5.14. The number of carbonyl (C=O) groups excluding carboxylic acids is 1. The number of hydrogen-bond acceptors (Lipinski definition) is 2. The Morgan fingerprint density at radius 2 is 1.83 bits per heavy atom. The molecule has 0 atom stereocenters. The normalized spacial score (nSPS) is 15.5. The highest BCUT2D eigenvalue weighted by Crippen LogP contribution is 2.23. The Hall–Kier alpha value is -2.36. The Bertz CT molecular complexity index is 744. The van der Waals surface area contributed by atoms with Gasteiger partial charge in [-0.25, -0.2) is 0 Å². The number of benzene rings is 1. The molecule has 2 aromatic rings. The van der Waals surface area contributed by atoms with Crippen LogP contribution in [0.4, 0.5) is 0 Å². The molecule has 0 aliphatic carbocycles. The van der Waals surface area contributed by atoms with Crippen LogP contribution in [0, 0.1) is 12.8 Å². The van der Waals surface area contributed by atoms with Gasteiger partial charge < -0.3 is 9.88 Å². The number of carbonyl (C=O) groups is 1. The number of H-pyrrole nitrogens is 1. The standard InChI is InChI=1S/C20H24N2O2/c1-15-7-10-18(19(23)21-15)20(24)22-13-11-17(12-14-22)9-8-16-5-3-2-4-6-16/h2-7,10,17H,8-9,11-14H2,1H3,(H,21,23). The first-order valence-electron chi connectivity index (χ1n) is 8.66. The van der Waals surface area contributed by atoms with Gasteiger partial charge in [0.2, 0.25) is 0 Å². The molecule has 2 heterocycles. The number of hydrogen-bond donors (Lipinski definition) is 1. The summed E-state index contributed by atoms with van der Waals surface area (Å²) in [6.07, 6.45) is 4.29. The van der Waals surface area contributed by atoms with Crippen molar-refractivity contribution < 1.29 is 4.79 Å². The van der Waals surface area contributed by atoms with Crippen LogP contribution in [0.2, 0.25) is 0 Å². The van der Waals surface area contributed by atoms with E-state index in [-0.39, 0.29) is 17.0 Å². The van der Waals surface area contributed by atoms with Gasteiger partial charge in [0.1, 0.15) is 5.56 Å². The molecule has 1 amide bonds. The molecule has 0 bridgehead atoms. The first-order chi connectivity index (χ1) is 11.6. The molecule has 3 rings (SSSR count). The number of rotatable bonds is 4. The van der Waals surface area contributed by atoms with Crippen molar-refractivity contribution in [1.82, 2.24) is 9.88 Å². The fourth-order valence-electron chi connectivity index (χ4n) is 3.35. The molecule has 1 N–H and O–H groups in total. The zero-order chi connectivity index (χ0) is 16.9. The lowest BCUT2D eigenvalue weighted by atomic mass is 9.90. The van der Waals surface area contributed by atoms with E-state index in [1.807, 2.05) is 17.9 Å². The summed E-state index contributed by atoms with van der Waals surface area (Å²) >= 11 is 0. The summed E-state index contributed by atoms with van der Waals surface area (Å²) < 4.78 is 0. The van der Waals surface area contributed by atoms with E-state index in [0.717, 1.165) is 44.5 Å². The third-order valence-electron chi connectivity index (χ3n) is 4.87. The number of likely N-dealkylation sites (tertiary alicyclic amines) is 1. The van der Waals surface area contributed by atoms with Crippen LogP contribution in [0.15, 0.2) is 47.3 Å². The molecule has 24 heavy (non-hydrogen) atoms. The molecule has 0 saturated carbocycles. The molecule has 1 fully saturated rings. The van der Waals surface area contributed by atoms with Gasteiger partial charge in [0.25, 0.3) is 11.5 Å². The van der Waals surface area contributed by atoms with Crippen molar-refractivity contribution >= 4 is 5.91 Å². The van der Waals surface area contributed by atoms with Crippen molar-refractivity contribution in [3.05, 3.63) is 69.6 Å². The van der Waals surface area contributed by atoms with Gasteiger partial charge in [0.15, 0.2) is 0 Å². The molecule has 4 heteroatoms. The first-order valence-corrected chi connectivity index (χ1v) is 8.66. The number of amides is 1. The van der Waals surface area contributed by atoms with E-state index >= 15 is 0 Å². The van der Waals surface area contributed by atoms with Gasteiger partial charge in [-0.3, -0.25) is 9.59 Å². The minimum atomic E-state index is -0.286. The highest BCUT2D eigenvalue weighted by Gasteiger charge is 2.24. The number of pyridine rings is 1. The average molecular weight is 324 g/mol. The molecule has 1 aromatic carbocycles. The van der Waals surface area contributed by atoms with Gasteiger partial charge in [-0.15, -0.1) is 0 Å². The van der Waals surface area contributed by atoms with Crippen LogP contribution >= 0.6 is 0 Å². The fraction of sp³-hybridized carbons (Fsp3) is 0.400. The minimum Gasteiger partial charge on any atom is -0.338 e. The molecule has 0 spiro atoms. The molecular weight excluding hydrogens is 300 g/mol. The van der Waals surface area contributed by atoms with Gasteiger partial charge in [0, 0.05) is 18.8 Å². The van der Waals surface area contributed by atoms with Gasteiger partial charge in [0.05, 0.1) is 0 Å². The third-order valence-corrected chi connectivity index (χ3v) is 4.87. The lowest BCUT2D eigenvalue weighted by Gasteiger charge is -2.32. The van der Waals surface area contributed by atoms with Crippen molar-refractivity contribution in [1.29, 1.82) is 0 Å². The number of nitrogens with one attached hydrogen (secondary N) is 1. The van der Waals surface area contributed by atoms with Gasteiger partial charge in [-0.2, -0.15) is 0 Å². The highest BCUT2D eigenvalue weighted by atomic mass is 16.2. The first kappa shape index (κ1) is 16.5. The van der Waals surface area contributed by atoms with E-state index in [1.165, 1.54) is 5.56 Å². The summed E-state index contributed by atoms with van der Waals surface area (Å²) in [4.78, 5) is 29.0. The second kappa shape index (κ2) is 7.47. The number of nitrogens with zero attached hydrogens (tertiary/aromatic N) is 1. The largest absolute Gasteiger partial charge is 0.338 e. The Balaban J connectivity index is 1.53. The van der Waals surface area contributed by atoms with Crippen molar-refractivity contribution in [2.45, 2.75) is 32.6 Å².